The van der Waals surface area contributed by atoms with Gasteiger partial charge in [-0.15, -0.1) is 0 Å². The molecule has 136 valence electrons. The second kappa shape index (κ2) is 9.11. The fourth-order valence-corrected chi connectivity index (χ4v) is 2.93. The molecule has 0 radical (unpaired) electrons. The van der Waals surface area contributed by atoms with E-state index in [2.05, 4.69) is 5.32 Å². The molecule has 2 rings (SSSR count). The highest BCUT2D eigenvalue weighted by atomic mass is 16.5. The van der Waals surface area contributed by atoms with Crippen molar-refractivity contribution in [1.82, 2.24) is 10.2 Å². The quantitative estimate of drug-likeness (QED) is 0.801. The number of benzene rings is 1. The van der Waals surface area contributed by atoms with Crippen molar-refractivity contribution < 1.29 is 19.1 Å². The van der Waals surface area contributed by atoms with Crippen LogP contribution in [0.15, 0.2) is 24.3 Å². The second-order valence-corrected chi connectivity index (χ2v) is 5.91. The van der Waals surface area contributed by atoms with Crippen molar-refractivity contribution >= 4 is 17.9 Å². The average molecular weight is 346 g/mol. The Morgan fingerprint density at radius 2 is 2.16 bits per heavy atom. The van der Waals surface area contributed by atoms with E-state index in [0.717, 1.165) is 18.4 Å². The molecule has 1 aliphatic rings. The predicted molar refractivity (Wildman–Crippen MR) is 96.6 cm³/mol. The van der Waals surface area contributed by atoms with Crippen LogP contribution in [0, 0.1) is 5.92 Å². The molecule has 1 saturated heterocycles. The smallest absolute Gasteiger partial charge is 0.246 e. The number of hydrogen-bond acceptors (Lipinski definition) is 4. The molecule has 1 aromatic rings. The van der Waals surface area contributed by atoms with Gasteiger partial charge in [0.25, 0.3) is 0 Å². The van der Waals surface area contributed by atoms with E-state index >= 15 is 0 Å². The van der Waals surface area contributed by atoms with Crippen LogP contribution in [0.25, 0.3) is 6.08 Å². The molecule has 1 fully saturated rings. The number of likely N-dealkylation sites (tertiary alicyclic amines) is 1. The first kappa shape index (κ1) is 18.8. The number of rotatable bonds is 6. The molecule has 1 heterocycles. The Hall–Kier alpha value is -2.50. The van der Waals surface area contributed by atoms with Crippen LogP contribution in [0.3, 0.4) is 0 Å². The highest BCUT2D eigenvalue weighted by Gasteiger charge is 2.26. The summed E-state index contributed by atoms with van der Waals surface area (Å²) in [5.41, 5.74) is 0.855. The Morgan fingerprint density at radius 3 is 2.84 bits per heavy atom. The third-order valence-electron chi connectivity index (χ3n) is 4.26. The summed E-state index contributed by atoms with van der Waals surface area (Å²) in [5.74, 6) is 1.10. The number of amides is 2. The van der Waals surface area contributed by atoms with Crippen molar-refractivity contribution in [1.29, 1.82) is 0 Å². The molecule has 6 heteroatoms. The summed E-state index contributed by atoms with van der Waals surface area (Å²) >= 11 is 0. The minimum Gasteiger partial charge on any atom is -0.493 e. The van der Waals surface area contributed by atoms with Crippen LogP contribution in [0.4, 0.5) is 0 Å². The topological polar surface area (TPSA) is 67.9 Å². The van der Waals surface area contributed by atoms with Gasteiger partial charge in [-0.2, -0.15) is 0 Å². The van der Waals surface area contributed by atoms with Gasteiger partial charge in [-0.05, 0) is 43.5 Å². The lowest BCUT2D eigenvalue weighted by molar-refractivity contribution is -0.131. The van der Waals surface area contributed by atoms with Gasteiger partial charge in [-0.1, -0.05) is 6.07 Å². The molecule has 0 saturated carbocycles. The van der Waals surface area contributed by atoms with Gasteiger partial charge < -0.3 is 19.7 Å². The fraction of sp³-hybridized carbons (Fsp3) is 0.474. The lowest BCUT2D eigenvalue weighted by Gasteiger charge is -2.31. The Morgan fingerprint density at radius 1 is 1.36 bits per heavy atom. The number of piperidine rings is 1. The van der Waals surface area contributed by atoms with E-state index < -0.39 is 0 Å². The molecule has 0 aliphatic carbocycles. The van der Waals surface area contributed by atoms with Gasteiger partial charge in [0, 0.05) is 26.2 Å². The van der Waals surface area contributed by atoms with Crippen LogP contribution < -0.4 is 14.8 Å². The van der Waals surface area contributed by atoms with Gasteiger partial charge in [-0.25, -0.2) is 0 Å². The Labute approximate surface area is 148 Å². The van der Waals surface area contributed by atoms with Gasteiger partial charge in [0.15, 0.2) is 11.5 Å². The zero-order valence-electron chi connectivity index (χ0n) is 15.1. The van der Waals surface area contributed by atoms with E-state index in [1.165, 1.54) is 0 Å². The minimum absolute atomic E-state index is 0.00210. The molecular weight excluding hydrogens is 320 g/mol. The van der Waals surface area contributed by atoms with Gasteiger partial charge in [0.05, 0.1) is 19.6 Å². The number of nitrogens with zero attached hydrogens (tertiary/aromatic N) is 1. The van der Waals surface area contributed by atoms with Crippen molar-refractivity contribution in [3.63, 3.8) is 0 Å². The molecule has 6 nitrogen and oxygen atoms in total. The van der Waals surface area contributed by atoms with Crippen LogP contribution >= 0.6 is 0 Å². The molecule has 0 aromatic heterocycles. The fourth-order valence-electron chi connectivity index (χ4n) is 2.93. The molecule has 0 spiro atoms. The molecular formula is C19H26N2O4. The van der Waals surface area contributed by atoms with Crippen LogP contribution in [-0.2, 0) is 9.59 Å². The third kappa shape index (κ3) is 4.98. The summed E-state index contributed by atoms with van der Waals surface area (Å²) in [5, 5.41) is 2.66. The summed E-state index contributed by atoms with van der Waals surface area (Å²) in [6.07, 6.45) is 4.96. The first-order valence-electron chi connectivity index (χ1n) is 8.58. The van der Waals surface area contributed by atoms with Crippen LogP contribution in [-0.4, -0.2) is 50.6 Å². The molecule has 1 aliphatic heterocycles. The van der Waals surface area contributed by atoms with Crippen molar-refractivity contribution in [2.75, 3.05) is 33.9 Å². The van der Waals surface area contributed by atoms with Crippen LogP contribution in [0.2, 0.25) is 0 Å². The maximum absolute atomic E-state index is 12.4. The number of methoxy groups -OCH3 is 1. The van der Waals surface area contributed by atoms with Gasteiger partial charge in [0.2, 0.25) is 11.8 Å². The summed E-state index contributed by atoms with van der Waals surface area (Å²) < 4.78 is 10.8. The van der Waals surface area contributed by atoms with Gasteiger partial charge >= 0.3 is 0 Å². The van der Waals surface area contributed by atoms with E-state index in [1.54, 1.807) is 31.2 Å². The summed E-state index contributed by atoms with van der Waals surface area (Å²) in [6.45, 7) is 3.63. The first-order valence-corrected chi connectivity index (χ1v) is 8.58. The average Bonchev–Trinajstić information content (AvgIpc) is 2.66. The van der Waals surface area contributed by atoms with E-state index in [-0.39, 0.29) is 17.7 Å². The second-order valence-electron chi connectivity index (χ2n) is 5.91. The maximum atomic E-state index is 12.4. The number of nitrogens with one attached hydrogen (secondary N) is 1. The van der Waals surface area contributed by atoms with Crippen molar-refractivity contribution in [3.8, 4) is 11.5 Å². The van der Waals surface area contributed by atoms with Crippen molar-refractivity contribution in [3.05, 3.63) is 29.8 Å². The van der Waals surface area contributed by atoms with Gasteiger partial charge in [0.1, 0.15) is 0 Å². The Balaban J connectivity index is 2.03. The highest BCUT2D eigenvalue weighted by molar-refractivity contribution is 5.92. The minimum atomic E-state index is -0.123. The van der Waals surface area contributed by atoms with E-state index in [1.807, 2.05) is 25.1 Å². The predicted octanol–water partition coefficient (Wildman–Crippen LogP) is 2.09. The summed E-state index contributed by atoms with van der Waals surface area (Å²) in [4.78, 5) is 25.9. The monoisotopic (exact) mass is 346 g/mol. The molecule has 1 N–H and O–H groups in total. The molecule has 25 heavy (non-hydrogen) atoms. The summed E-state index contributed by atoms with van der Waals surface area (Å²) in [7, 11) is 3.21. The largest absolute Gasteiger partial charge is 0.493 e. The standard InChI is InChI=1S/C19H26N2O4/c1-4-25-16-9-7-14(12-17(16)24-3)8-10-18(22)21-11-5-6-15(13-21)19(23)20-2/h7-10,12,15H,4-6,11,13H2,1-3H3,(H,20,23). The normalized spacial score (nSPS) is 17.4. The lowest BCUT2D eigenvalue weighted by Crippen LogP contribution is -2.44. The van der Waals surface area contributed by atoms with E-state index in [9.17, 15) is 9.59 Å². The molecule has 1 aromatic carbocycles. The van der Waals surface area contributed by atoms with Crippen LogP contribution in [0.1, 0.15) is 25.3 Å². The molecule has 1 atom stereocenters. The molecule has 1 unspecified atom stereocenters. The van der Waals surface area contributed by atoms with Crippen LogP contribution in [0.5, 0.6) is 11.5 Å². The van der Waals surface area contributed by atoms with E-state index in [0.29, 0.717) is 31.2 Å². The number of carbonyl (C=O) groups is 2. The lowest BCUT2D eigenvalue weighted by atomic mass is 9.97. The zero-order valence-corrected chi connectivity index (χ0v) is 15.1. The van der Waals surface area contributed by atoms with Crippen molar-refractivity contribution in [2.45, 2.75) is 19.8 Å². The highest BCUT2D eigenvalue weighted by Crippen LogP contribution is 2.28. The molecule has 2 amide bonds. The zero-order chi connectivity index (χ0) is 18.2. The first-order chi connectivity index (χ1) is 12.1. The maximum Gasteiger partial charge on any atom is 0.246 e. The Bertz CT molecular complexity index is 642. The SMILES string of the molecule is CCOc1ccc(C=CC(=O)N2CCCC(C(=O)NC)C2)cc1OC. The van der Waals surface area contributed by atoms with E-state index in [4.69, 9.17) is 9.47 Å². The molecule has 0 bridgehead atoms. The van der Waals surface area contributed by atoms with Crippen molar-refractivity contribution in [2.24, 2.45) is 5.92 Å². The number of hydrogen-bond donors (Lipinski definition) is 1. The Kier molecular flexibility index (Phi) is 6.86. The number of carbonyl (C=O) groups excluding carboxylic acids is 2. The third-order valence-corrected chi connectivity index (χ3v) is 4.26. The summed E-state index contributed by atoms with van der Waals surface area (Å²) in [6, 6.07) is 5.54. The number of ether oxygens (including phenoxy) is 2. The van der Waals surface area contributed by atoms with Gasteiger partial charge in [-0.3, -0.25) is 9.59 Å².